The topological polar surface area (TPSA) is 95.9 Å². The Morgan fingerprint density at radius 2 is 1.58 bits per heavy atom. The van der Waals surface area contributed by atoms with Crippen LogP contribution in [0.3, 0.4) is 0 Å². The average Bonchev–Trinajstić information content (AvgIpc) is 3.31. The van der Waals surface area contributed by atoms with Crippen molar-refractivity contribution in [1.82, 2.24) is 14.9 Å². The summed E-state index contributed by atoms with van der Waals surface area (Å²) in [6, 6.07) is 5.11. The highest BCUT2D eigenvalue weighted by Gasteiger charge is 2.46. The number of benzene rings is 2. The Balaban J connectivity index is 1.35. The number of carboxylic acid groups (broad SMARTS) is 1. The van der Waals surface area contributed by atoms with E-state index in [0.29, 0.717) is 48.9 Å². The quantitative estimate of drug-likeness (QED) is 0.243. The van der Waals surface area contributed by atoms with E-state index >= 15 is 0 Å². The number of rotatable bonds is 7. The summed E-state index contributed by atoms with van der Waals surface area (Å²) in [4.78, 5) is 35.7. The van der Waals surface area contributed by atoms with Crippen LogP contribution in [0.1, 0.15) is 72.6 Å². The molecule has 0 bridgehead atoms. The smallest absolute Gasteiger partial charge is 0.416 e. The van der Waals surface area contributed by atoms with Gasteiger partial charge in [-0.05, 0) is 80.0 Å². The van der Waals surface area contributed by atoms with Crippen molar-refractivity contribution < 1.29 is 54.6 Å². The first kappa shape index (κ1) is 35.6. The molecule has 1 amide bonds. The SMILES string of the molecule is C[C@H]1[C@@H](c2cc(C(F)(F)F)cc(C(F)(F)F)c2)OC(=O)N1Cc1nc(N2CC(F)(F)C2)ncc1-c1cc(C2CCC(C(=O)O)CC2)ccc1Cl. The van der Waals surface area contributed by atoms with Crippen LogP contribution in [-0.4, -0.2) is 57.1 Å². The number of amides is 1. The maximum atomic E-state index is 13.7. The molecule has 17 heteroatoms. The molecule has 1 saturated carbocycles. The lowest BCUT2D eigenvalue weighted by atomic mass is 9.78. The zero-order valence-electron chi connectivity index (χ0n) is 26.2. The second kappa shape index (κ2) is 12.8. The number of alkyl halides is 8. The zero-order chi connectivity index (χ0) is 36.3. The van der Waals surface area contributed by atoms with E-state index in [1.807, 2.05) is 6.07 Å². The molecule has 2 aliphatic heterocycles. The fraction of sp³-hybridized carbons (Fsp3) is 0.455. The maximum absolute atomic E-state index is 13.7. The van der Waals surface area contributed by atoms with Crippen molar-refractivity contribution in [2.24, 2.45) is 5.92 Å². The molecule has 1 N–H and O–H groups in total. The standard InChI is InChI=1S/C33H29ClF8N4O4/c1-16-27(20-8-21(32(37,38)39)11-22(9-20)33(40,41)42)50-30(49)46(16)13-26-24(12-43-29(44-26)45-14-31(35,36)15-45)23-10-19(6-7-25(23)34)17-2-4-18(5-3-17)28(47)48/h6-12,16-18,27H,2-5,13-15H2,1H3,(H,47,48)/t16-,17?,18?,27-/m0/s1. The van der Waals surface area contributed by atoms with Gasteiger partial charge in [-0.1, -0.05) is 17.7 Å². The highest BCUT2D eigenvalue weighted by Crippen LogP contribution is 2.43. The van der Waals surface area contributed by atoms with Crippen molar-refractivity contribution in [2.45, 2.75) is 75.5 Å². The van der Waals surface area contributed by atoms with Crippen LogP contribution in [0.4, 0.5) is 45.9 Å². The molecular formula is C33H29ClF8N4O4. The summed E-state index contributed by atoms with van der Waals surface area (Å²) in [5.74, 6) is -4.34. The van der Waals surface area contributed by atoms with E-state index < -0.39 is 78.2 Å². The summed E-state index contributed by atoms with van der Waals surface area (Å²) in [5, 5.41) is 9.64. The summed E-state index contributed by atoms with van der Waals surface area (Å²) in [6.07, 6.45) is -9.30. The van der Waals surface area contributed by atoms with Crippen molar-refractivity contribution in [3.05, 3.63) is 75.6 Å². The predicted octanol–water partition coefficient (Wildman–Crippen LogP) is 8.73. The Morgan fingerprint density at radius 1 is 0.960 bits per heavy atom. The number of nitrogens with zero attached hydrogens (tertiary/aromatic N) is 4. The third kappa shape index (κ3) is 7.16. The van der Waals surface area contributed by atoms with Gasteiger partial charge in [0, 0.05) is 22.3 Å². The zero-order valence-corrected chi connectivity index (χ0v) is 26.9. The van der Waals surface area contributed by atoms with Gasteiger partial charge in [0.2, 0.25) is 5.95 Å². The number of anilines is 1. The van der Waals surface area contributed by atoms with Crippen LogP contribution in [0.15, 0.2) is 42.6 Å². The molecule has 2 aromatic carbocycles. The van der Waals surface area contributed by atoms with Gasteiger partial charge in [-0.2, -0.15) is 26.3 Å². The number of aliphatic carboxylic acids is 1. The van der Waals surface area contributed by atoms with Crippen LogP contribution in [0.2, 0.25) is 5.02 Å². The number of aromatic nitrogens is 2. The Kier molecular flexibility index (Phi) is 9.14. The number of hydrogen-bond acceptors (Lipinski definition) is 6. The molecule has 0 unspecified atom stereocenters. The molecule has 2 saturated heterocycles. The molecule has 3 heterocycles. The van der Waals surface area contributed by atoms with Crippen LogP contribution in [0, 0.1) is 5.92 Å². The van der Waals surface area contributed by atoms with Crippen molar-refractivity contribution in [2.75, 3.05) is 18.0 Å². The van der Waals surface area contributed by atoms with Gasteiger partial charge in [0.15, 0.2) is 0 Å². The lowest BCUT2D eigenvalue weighted by Crippen LogP contribution is -2.57. The summed E-state index contributed by atoms with van der Waals surface area (Å²) >= 11 is 6.63. The maximum Gasteiger partial charge on any atom is 0.416 e. The van der Waals surface area contributed by atoms with E-state index in [1.54, 1.807) is 12.1 Å². The van der Waals surface area contributed by atoms with E-state index in [-0.39, 0.29) is 35.2 Å². The average molecular weight is 733 g/mol. The molecule has 0 spiro atoms. The lowest BCUT2D eigenvalue weighted by Gasteiger charge is -2.38. The molecule has 3 aromatic rings. The Hall–Kier alpha value is -4.21. The number of carboxylic acids is 1. The Morgan fingerprint density at radius 3 is 2.14 bits per heavy atom. The summed E-state index contributed by atoms with van der Waals surface area (Å²) in [7, 11) is 0. The summed E-state index contributed by atoms with van der Waals surface area (Å²) in [5.41, 5.74) is -1.96. The molecule has 1 aromatic heterocycles. The van der Waals surface area contributed by atoms with Gasteiger partial charge >= 0.3 is 24.4 Å². The van der Waals surface area contributed by atoms with E-state index in [2.05, 4.69) is 9.97 Å². The van der Waals surface area contributed by atoms with Crippen LogP contribution >= 0.6 is 11.6 Å². The van der Waals surface area contributed by atoms with Crippen molar-refractivity contribution in [1.29, 1.82) is 0 Å². The van der Waals surface area contributed by atoms with Gasteiger partial charge < -0.3 is 14.7 Å². The van der Waals surface area contributed by atoms with Crippen molar-refractivity contribution >= 4 is 29.6 Å². The largest absolute Gasteiger partial charge is 0.481 e. The van der Waals surface area contributed by atoms with Crippen LogP contribution in [0.5, 0.6) is 0 Å². The minimum Gasteiger partial charge on any atom is -0.481 e. The highest BCUT2D eigenvalue weighted by atomic mass is 35.5. The fourth-order valence-electron chi connectivity index (χ4n) is 6.70. The Bertz CT molecular complexity index is 1770. The molecular weight excluding hydrogens is 704 g/mol. The second-order valence-electron chi connectivity index (χ2n) is 12.9. The molecule has 2 atom stereocenters. The molecule has 0 radical (unpaired) electrons. The molecule has 6 rings (SSSR count). The Labute approximate surface area is 285 Å². The molecule has 3 fully saturated rings. The lowest BCUT2D eigenvalue weighted by molar-refractivity contribution is -0.144. The highest BCUT2D eigenvalue weighted by molar-refractivity contribution is 6.33. The molecule has 50 heavy (non-hydrogen) atoms. The van der Waals surface area contributed by atoms with E-state index in [9.17, 15) is 49.8 Å². The van der Waals surface area contributed by atoms with Crippen LogP contribution in [-0.2, 0) is 28.4 Å². The minimum atomic E-state index is -5.12. The first-order valence-electron chi connectivity index (χ1n) is 15.6. The first-order chi connectivity index (χ1) is 23.3. The van der Waals surface area contributed by atoms with Crippen LogP contribution in [0.25, 0.3) is 11.1 Å². The number of cyclic esters (lactones) is 1. The third-order valence-corrected chi connectivity index (χ3v) is 9.79. The van der Waals surface area contributed by atoms with Gasteiger partial charge in [-0.15, -0.1) is 0 Å². The normalized spacial score (nSPS) is 23.8. The third-order valence-electron chi connectivity index (χ3n) is 9.46. The van der Waals surface area contributed by atoms with Gasteiger partial charge in [-0.25, -0.2) is 23.5 Å². The first-order valence-corrected chi connectivity index (χ1v) is 16.0. The second-order valence-corrected chi connectivity index (χ2v) is 13.3. The molecule has 8 nitrogen and oxygen atoms in total. The van der Waals surface area contributed by atoms with Crippen LogP contribution < -0.4 is 4.90 Å². The fourth-order valence-corrected chi connectivity index (χ4v) is 6.92. The molecule has 3 aliphatic rings. The number of hydrogen-bond donors (Lipinski definition) is 1. The van der Waals surface area contributed by atoms with Gasteiger partial charge in [0.05, 0.1) is 48.4 Å². The van der Waals surface area contributed by atoms with Crippen molar-refractivity contribution in [3.63, 3.8) is 0 Å². The monoisotopic (exact) mass is 732 g/mol. The summed E-state index contributed by atoms with van der Waals surface area (Å²) < 4.78 is 114. The summed E-state index contributed by atoms with van der Waals surface area (Å²) in [6.45, 7) is -0.326. The van der Waals surface area contributed by atoms with Crippen molar-refractivity contribution in [3.8, 4) is 11.1 Å². The van der Waals surface area contributed by atoms with Gasteiger partial charge in [-0.3, -0.25) is 9.69 Å². The minimum absolute atomic E-state index is 0.0111. The number of ether oxygens (including phenoxy) is 1. The number of halogens is 9. The molecule has 268 valence electrons. The van der Waals surface area contributed by atoms with E-state index in [4.69, 9.17) is 16.3 Å². The van der Waals surface area contributed by atoms with Gasteiger partial charge in [0.25, 0.3) is 5.92 Å². The van der Waals surface area contributed by atoms with E-state index in [0.717, 1.165) is 10.5 Å². The number of carbonyl (C=O) groups excluding carboxylic acids is 1. The molecule has 1 aliphatic carbocycles. The van der Waals surface area contributed by atoms with Gasteiger partial charge in [0.1, 0.15) is 6.10 Å². The number of carbonyl (C=O) groups is 2. The predicted molar refractivity (Wildman–Crippen MR) is 163 cm³/mol. The van der Waals surface area contributed by atoms with E-state index in [1.165, 1.54) is 18.0 Å².